The standard InChI is InChI=1S/C16H19NO2S/c18-20(19,16-8-9-16)17-14-6-7-15(17)11-13(10-14)12-4-2-1-3-5-12/h1-5,10,14-16H,6-9,11H2. The molecule has 2 atom stereocenters. The number of rotatable bonds is 3. The fourth-order valence-electron chi connectivity index (χ4n) is 3.59. The van der Waals surface area contributed by atoms with Gasteiger partial charge in [-0.15, -0.1) is 0 Å². The van der Waals surface area contributed by atoms with Crippen molar-refractivity contribution < 1.29 is 8.42 Å². The lowest BCUT2D eigenvalue weighted by Gasteiger charge is -2.33. The number of sulfonamides is 1. The van der Waals surface area contributed by atoms with Crippen LogP contribution in [0, 0.1) is 0 Å². The number of hydrogen-bond acceptors (Lipinski definition) is 2. The van der Waals surface area contributed by atoms with Crippen LogP contribution in [0.4, 0.5) is 0 Å². The summed E-state index contributed by atoms with van der Waals surface area (Å²) >= 11 is 0. The van der Waals surface area contributed by atoms with Crippen LogP contribution in [0.2, 0.25) is 0 Å². The molecule has 0 radical (unpaired) electrons. The fraction of sp³-hybridized carbons (Fsp3) is 0.500. The van der Waals surface area contributed by atoms with Gasteiger partial charge in [0.25, 0.3) is 0 Å². The van der Waals surface area contributed by atoms with E-state index in [2.05, 4.69) is 18.2 Å². The van der Waals surface area contributed by atoms with E-state index in [0.29, 0.717) is 0 Å². The van der Waals surface area contributed by atoms with Crippen LogP contribution in [0.15, 0.2) is 36.4 Å². The van der Waals surface area contributed by atoms with E-state index in [1.54, 1.807) is 0 Å². The van der Waals surface area contributed by atoms with Gasteiger partial charge in [-0.05, 0) is 43.2 Å². The number of nitrogens with zero attached hydrogens (tertiary/aromatic N) is 1. The van der Waals surface area contributed by atoms with Gasteiger partial charge in [0.1, 0.15) is 0 Å². The Hall–Kier alpha value is -1.13. The molecule has 0 amide bonds. The minimum atomic E-state index is -3.04. The molecule has 0 spiro atoms. The van der Waals surface area contributed by atoms with Crippen molar-refractivity contribution in [3.05, 3.63) is 42.0 Å². The zero-order valence-electron chi connectivity index (χ0n) is 11.4. The Bertz CT molecular complexity index is 646. The lowest BCUT2D eigenvalue weighted by atomic mass is 9.96. The Morgan fingerprint density at radius 2 is 1.75 bits per heavy atom. The molecule has 1 saturated heterocycles. The number of hydrogen-bond donors (Lipinski definition) is 0. The minimum absolute atomic E-state index is 0.0859. The van der Waals surface area contributed by atoms with Crippen LogP contribution in [-0.2, 0) is 10.0 Å². The largest absolute Gasteiger partial charge is 0.217 e. The van der Waals surface area contributed by atoms with E-state index >= 15 is 0 Å². The molecule has 3 nitrogen and oxygen atoms in total. The predicted octanol–water partition coefficient (Wildman–Crippen LogP) is 2.80. The Morgan fingerprint density at radius 1 is 1.00 bits per heavy atom. The topological polar surface area (TPSA) is 37.4 Å². The first-order chi connectivity index (χ1) is 9.66. The lowest BCUT2D eigenvalue weighted by molar-refractivity contribution is 0.345. The molecule has 2 unspecified atom stereocenters. The van der Waals surface area contributed by atoms with Crippen LogP contribution in [0.3, 0.4) is 0 Å². The Balaban J connectivity index is 1.68. The summed E-state index contributed by atoms with van der Waals surface area (Å²) in [4.78, 5) is 0. The highest BCUT2D eigenvalue weighted by Gasteiger charge is 2.49. The van der Waals surface area contributed by atoms with E-state index in [1.165, 1.54) is 11.1 Å². The molecule has 4 rings (SSSR count). The van der Waals surface area contributed by atoms with Gasteiger partial charge < -0.3 is 0 Å². The molecule has 4 heteroatoms. The van der Waals surface area contributed by atoms with Gasteiger partial charge in [-0.1, -0.05) is 36.4 Å². The molecule has 0 aromatic heterocycles. The molecular formula is C16H19NO2S. The van der Waals surface area contributed by atoms with Crippen molar-refractivity contribution in [1.82, 2.24) is 4.31 Å². The first-order valence-electron chi connectivity index (χ1n) is 7.45. The molecular weight excluding hydrogens is 270 g/mol. The van der Waals surface area contributed by atoms with Gasteiger partial charge in [-0.25, -0.2) is 8.42 Å². The van der Waals surface area contributed by atoms with Crippen LogP contribution in [0.25, 0.3) is 5.57 Å². The molecule has 2 aliphatic heterocycles. The SMILES string of the molecule is O=S(=O)(C1CC1)N1C2C=C(c3ccccc3)CC1CC2. The summed E-state index contributed by atoms with van der Waals surface area (Å²) in [6.45, 7) is 0. The van der Waals surface area contributed by atoms with Gasteiger partial charge in [0.05, 0.1) is 5.25 Å². The fourth-order valence-corrected chi connectivity index (χ4v) is 5.81. The molecule has 20 heavy (non-hydrogen) atoms. The van der Waals surface area contributed by atoms with Crippen molar-refractivity contribution in [2.75, 3.05) is 0 Å². The smallest absolute Gasteiger partial charge is 0.212 e. The Kier molecular flexibility index (Phi) is 2.79. The highest BCUT2D eigenvalue weighted by atomic mass is 32.2. The van der Waals surface area contributed by atoms with Crippen molar-refractivity contribution in [3.63, 3.8) is 0 Å². The van der Waals surface area contributed by atoms with Crippen molar-refractivity contribution in [3.8, 4) is 0 Å². The maximum Gasteiger partial charge on any atom is 0.217 e. The summed E-state index contributed by atoms with van der Waals surface area (Å²) < 4.78 is 26.9. The summed E-state index contributed by atoms with van der Waals surface area (Å²) in [5.41, 5.74) is 2.56. The van der Waals surface area contributed by atoms with Crippen LogP contribution in [0.1, 0.15) is 37.7 Å². The molecule has 0 N–H and O–H groups in total. The highest BCUT2D eigenvalue weighted by molar-refractivity contribution is 7.90. The van der Waals surface area contributed by atoms with Gasteiger partial charge in [-0.2, -0.15) is 4.31 Å². The molecule has 3 aliphatic rings. The van der Waals surface area contributed by atoms with Crippen molar-refractivity contribution in [2.24, 2.45) is 0 Å². The molecule has 1 saturated carbocycles. The summed E-state index contributed by atoms with van der Waals surface area (Å²) in [5, 5.41) is -0.0859. The minimum Gasteiger partial charge on any atom is -0.212 e. The second-order valence-corrected chi connectivity index (χ2v) is 8.25. The first kappa shape index (κ1) is 12.6. The normalized spacial score (nSPS) is 30.3. The third-order valence-corrected chi connectivity index (χ3v) is 7.19. The number of benzene rings is 1. The molecule has 1 aliphatic carbocycles. The van der Waals surface area contributed by atoms with Crippen LogP contribution in [-0.4, -0.2) is 30.1 Å². The molecule has 1 aromatic rings. The third-order valence-electron chi connectivity index (χ3n) is 4.72. The highest BCUT2D eigenvalue weighted by Crippen LogP contribution is 2.44. The molecule has 2 bridgehead atoms. The summed E-state index contributed by atoms with van der Waals surface area (Å²) in [6, 6.07) is 10.6. The monoisotopic (exact) mass is 289 g/mol. The summed E-state index contributed by atoms with van der Waals surface area (Å²) in [5.74, 6) is 0. The van der Waals surface area contributed by atoms with Gasteiger partial charge in [0, 0.05) is 12.1 Å². The zero-order valence-corrected chi connectivity index (χ0v) is 12.2. The third kappa shape index (κ3) is 1.93. The van der Waals surface area contributed by atoms with Crippen LogP contribution in [0.5, 0.6) is 0 Å². The van der Waals surface area contributed by atoms with Crippen molar-refractivity contribution in [1.29, 1.82) is 0 Å². The van der Waals surface area contributed by atoms with Gasteiger partial charge in [0.15, 0.2) is 0 Å². The maximum atomic E-state index is 12.5. The van der Waals surface area contributed by atoms with Crippen LogP contribution >= 0.6 is 0 Å². The molecule has 2 fully saturated rings. The van der Waals surface area contributed by atoms with E-state index in [1.807, 2.05) is 22.5 Å². The van der Waals surface area contributed by atoms with E-state index in [0.717, 1.165) is 32.1 Å². The predicted molar refractivity (Wildman–Crippen MR) is 79.6 cm³/mol. The van der Waals surface area contributed by atoms with E-state index in [-0.39, 0.29) is 17.3 Å². The lowest BCUT2D eigenvalue weighted by Crippen LogP contribution is -2.44. The summed E-state index contributed by atoms with van der Waals surface area (Å²) in [6.07, 6.45) is 6.75. The molecule has 1 aromatic carbocycles. The quantitative estimate of drug-likeness (QED) is 0.858. The van der Waals surface area contributed by atoms with Gasteiger partial charge >= 0.3 is 0 Å². The first-order valence-corrected chi connectivity index (χ1v) is 8.95. The Morgan fingerprint density at radius 3 is 2.40 bits per heavy atom. The van der Waals surface area contributed by atoms with Gasteiger partial charge in [0.2, 0.25) is 10.0 Å². The van der Waals surface area contributed by atoms with E-state index in [4.69, 9.17) is 0 Å². The van der Waals surface area contributed by atoms with Crippen molar-refractivity contribution >= 4 is 15.6 Å². The molecule has 106 valence electrons. The Labute approximate surface area is 120 Å². The second-order valence-electron chi connectivity index (χ2n) is 6.13. The average Bonchev–Trinajstić information content (AvgIpc) is 3.26. The van der Waals surface area contributed by atoms with Crippen molar-refractivity contribution in [2.45, 2.75) is 49.4 Å². The average molecular weight is 289 g/mol. The van der Waals surface area contributed by atoms with Crippen LogP contribution < -0.4 is 0 Å². The second kappa shape index (κ2) is 4.43. The van der Waals surface area contributed by atoms with E-state index in [9.17, 15) is 8.42 Å². The zero-order chi connectivity index (χ0) is 13.7. The van der Waals surface area contributed by atoms with Gasteiger partial charge in [-0.3, -0.25) is 0 Å². The summed E-state index contributed by atoms with van der Waals surface area (Å²) in [7, 11) is -3.04. The maximum absolute atomic E-state index is 12.5. The number of fused-ring (bicyclic) bond motifs is 2. The molecule has 2 heterocycles. The van der Waals surface area contributed by atoms with E-state index < -0.39 is 10.0 Å².